The molecule has 3 aromatic carbocycles. The Morgan fingerprint density at radius 3 is 2.08 bits per heavy atom. The minimum atomic E-state index is -0.391. The third kappa shape index (κ3) is 19.5. The molecule has 2 aliphatic rings. The Bertz CT molecular complexity index is 2530. The van der Waals surface area contributed by atoms with E-state index in [1.165, 1.54) is 41.1 Å². The summed E-state index contributed by atoms with van der Waals surface area (Å²) in [5, 5.41) is 28.9. The van der Waals surface area contributed by atoms with Crippen molar-refractivity contribution in [1.29, 1.82) is 5.26 Å². The van der Waals surface area contributed by atoms with E-state index in [9.17, 15) is 23.6 Å². The Kier molecular flexibility index (Phi) is 25.7. The number of halogens is 5. The highest BCUT2D eigenvalue weighted by Crippen LogP contribution is 2.39. The summed E-state index contributed by atoms with van der Waals surface area (Å²) in [6.45, 7) is 20.3. The lowest BCUT2D eigenvalue weighted by atomic mass is 9.79. The number of hydrogen-bond donors (Lipinski definition) is 3. The maximum atomic E-state index is 14.2. The number of thiophene rings is 1. The molecule has 2 aromatic heterocycles. The molecule has 3 N–H and O–H groups in total. The van der Waals surface area contributed by atoms with Gasteiger partial charge in [0.1, 0.15) is 29.0 Å². The first kappa shape index (κ1) is 59.7. The number of hydrogen-bond acceptors (Lipinski definition) is 12. The van der Waals surface area contributed by atoms with Crippen molar-refractivity contribution in [3.05, 3.63) is 132 Å². The number of aryl methyl sites for hydroxylation is 2. The fraction of sp³-hybridized carbons (Fsp3) is 0.462. The molecule has 1 fully saturated rings. The number of fused-ring (bicyclic) bond motifs is 3. The smallest absolute Gasteiger partial charge is 0.216 e. The second-order valence-electron chi connectivity index (χ2n) is 17.8. The van der Waals surface area contributed by atoms with E-state index in [1.54, 1.807) is 35.6 Å². The molecule has 7 rings (SSSR count). The second-order valence-corrected chi connectivity index (χ2v) is 20.2. The summed E-state index contributed by atoms with van der Waals surface area (Å²) in [7, 11) is 0. The van der Waals surface area contributed by atoms with Crippen molar-refractivity contribution in [2.45, 2.75) is 73.4 Å². The van der Waals surface area contributed by atoms with Crippen LogP contribution in [0.4, 0.5) is 8.78 Å². The molecular formula is C52H65Cl3F2N8O6S. The number of aliphatic imine (C=N–C) groups is 1. The standard InChI is InChI=1S/C17H15ClN4S.C16H20ClFN2.C13H26N2O6.C6H4ClF/c1-9-10(2)23-17-15(9)16(12-4-6-13(18)7-5-12)19-8-14-21-20-11(3)22(14)17;1-16(2,3)7-14-11(8-19)12(9-20-14)10-5-4-6-13(17)15(10)18;1-13(17)15-3-5-19-7-9-21-11-10-20-8-6-18-4-2-14-12-16;7-5-2-1-3-6(8)4-5/h4-7H,8H2,1-3H3;4-6,11-12,14,20H,7,9H2,1-3H3;12H,2-11H2,1H3,(H,14,16)(H,15,17);1-4H/t;11?,12-,14+;;/m.1../s1. The van der Waals surface area contributed by atoms with Crippen molar-refractivity contribution in [1.82, 2.24) is 30.7 Å². The number of aromatic nitrogens is 3. The topological polar surface area (TPSA) is 174 Å². The SMILES string of the molecule is CC(=O)NCCOCCOCCOCCOCCNC=O.CC(C)(C)C[C@@H]1NC[C@H](c2cccc(Cl)c2F)C1C#N.Cc1sc2c(c1C)C(c1ccc(Cl)cc1)=NCc1nnc(C)n1-2.Fc1cccc(Cl)c1. The average Bonchev–Trinajstić information content (AvgIpc) is 3.96. The van der Waals surface area contributed by atoms with Crippen LogP contribution in [0.3, 0.4) is 0 Å². The first-order valence-electron chi connectivity index (χ1n) is 23.5. The first-order chi connectivity index (χ1) is 34.4. The van der Waals surface area contributed by atoms with Gasteiger partial charge in [-0.05, 0) is 80.1 Å². The summed E-state index contributed by atoms with van der Waals surface area (Å²) in [5.41, 5.74) is 5.20. The van der Waals surface area contributed by atoms with Crippen LogP contribution in [0.5, 0.6) is 0 Å². The van der Waals surface area contributed by atoms with Crippen molar-refractivity contribution < 1.29 is 37.3 Å². The van der Waals surface area contributed by atoms with Gasteiger partial charge in [-0.2, -0.15) is 5.26 Å². The third-order valence-corrected chi connectivity index (χ3v) is 13.0. The predicted molar refractivity (Wildman–Crippen MR) is 281 cm³/mol. The summed E-state index contributed by atoms with van der Waals surface area (Å²) < 4.78 is 49.4. The monoisotopic (exact) mass is 1070 g/mol. The van der Waals surface area contributed by atoms with Crippen molar-refractivity contribution >= 4 is 64.2 Å². The Morgan fingerprint density at radius 1 is 0.889 bits per heavy atom. The molecular weight excluding hydrogens is 1010 g/mol. The molecule has 72 heavy (non-hydrogen) atoms. The fourth-order valence-corrected chi connectivity index (χ4v) is 9.27. The molecule has 2 aliphatic heterocycles. The highest BCUT2D eigenvalue weighted by molar-refractivity contribution is 7.15. The summed E-state index contributed by atoms with van der Waals surface area (Å²) in [5.74, 6) is 0.684. The number of nitrogens with zero attached hydrogens (tertiary/aromatic N) is 5. The molecule has 14 nitrogen and oxygen atoms in total. The molecule has 0 bridgehead atoms. The van der Waals surface area contributed by atoms with E-state index in [4.69, 9.17) is 58.7 Å². The van der Waals surface area contributed by atoms with E-state index < -0.39 is 5.82 Å². The molecule has 0 spiro atoms. The quantitative estimate of drug-likeness (QED) is 0.0534. The first-order valence-corrected chi connectivity index (χ1v) is 25.4. The summed E-state index contributed by atoms with van der Waals surface area (Å²) in [6, 6.07) is 21.2. The Hall–Kier alpha value is -4.87. The zero-order valence-corrected chi connectivity index (χ0v) is 44.9. The van der Waals surface area contributed by atoms with Crippen LogP contribution in [0, 0.1) is 55.1 Å². The van der Waals surface area contributed by atoms with Gasteiger partial charge >= 0.3 is 0 Å². The van der Waals surface area contributed by atoms with Gasteiger partial charge in [-0.1, -0.05) is 85.9 Å². The third-order valence-electron chi connectivity index (χ3n) is 11.0. The van der Waals surface area contributed by atoms with Crippen molar-refractivity contribution in [2.75, 3.05) is 72.5 Å². The fourth-order valence-electron chi connectivity index (χ4n) is 7.56. The Morgan fingerprint density at radius 2 is 1.51 bits per heavy atom. The molecule has 1 saturated heterocycles. The minimum absolute atomic E-state index is 0.0593. The number of rotatable bonds is 19. The van der Waals surface area contributed by atoms with E-state index in [2.05, 4.69) is 71.4 Å². The van der Waals surface area contributed by atoms with Gasteiger partial charge in [0.15, 0.2) is 5.82 Å². The largest absolute Gasteiger partial charge is 0.377 e. The lowest BCUT2D eigenvalue weighted by molar-refractivity contribution is -0.119. The van der Waals surface area contributed by atoms with E-state index >= 15 is 0 Å². The van der Waals surface area contributed by atoms with E-state index in [0.717, 1.165) is 39.4 Å². The molecule has 0 saturated carbocycles. The van der Waals surface area contributed by atoms with Gasteiger partial charge in [-0.25, -0.2) is 8.78 Å². The molecule has 1 unspecified atom stereocenters. The summed E-state index contributed by atoms with van der Waals surface area (Å²) >= 11 is 19.1. The van der Waals surface area contributed by atoms with Crippen LogP contribution in [0.2, 0.25) is 15.1 Å². The average molecular weight is 1070 g/mol. The molecule has 5 aromatic rings. The second kappa shape index (κ2) is 31.0. The van der Waals surface area contributed by atoms with Gasteiger partial charge < -0.3 is 34.9 Å². The molecule has 0 aliphatic carbocycles. The van der Waals surface area contributed by atoms with Gasteiger partial charge in [0, 0.05) is 64.6 Å². The Labute approximate surface area is 440 Å². The highest BCUT2D eigenvalue weighted by Gasteiger charge is 2.40. The number of carbonyl (C=O) groups is 2. The molecule has 390 valence electrons. The number of amides is 2. The van der Waals surface area contributed by atoms with Gasteiger partial charge in [0.25, 0.3) is 0 Å². The highest BCUT2D eigenvalue weighted by atomic mass is 35.5. The van der Waals surface area contributed by atoms with Gasteiger partial charge in [0.05, 0.1) is 75.6 Å². The number of carbonyl (C=O) groups excluding carboxylic acids is 2. The minimum Gasteiger partial charge on any atom is -0.377 e. The number of benzene rings is 3. The van der Waals surface area contributed by atoms with Crippen LogP contribution in [0.25, 0.3) is 5.00 Å². The normalized spacial score (nSPS) is 15.7. The van der Waals surface area contributed by atoms with Gasteiger partial charge in [-0.15, -0.1) is 21.5 Å². The molecule has 4 heterocycles. The van der Waals surface area contributed by atoms with Crippen molar-refractivity contribution in [3.8, 4) is 11.1 Å². The number of nitrogens with one attached hydrogen (secondary N) is 3. The number of nitriles is 1. The van der Waals surface area contributed by atoms with Crippen LogP contribution in [-0.2, 0) is 35.1 Å². The maximum absolute atomic E-state index is 14.2. The van der Waals surface area contributed by atoms with Crippen molar-refractivity contribution in [2.24, 2.45) is 16.3 Å². The predicted octanol–water partition coefficient (Wildman–Crippen LogP) is 9.78. The molecule has 20 heteroatoms. The maximum Gasteiger partial charge on any atom is 0.216 e. The van der Waals surface area contributed by atoms with Gasteiger partial charge in [-0.3, -0.25) is 19.1 Å². The van der Waals surface area contributed by atoms with Crippen LogP contribution in [0.15, 0.2) is 71.7 Å². The summed E-state index contributed by atoms with van der Waals surface area (Å²) in [6.07, 6.45) is 1.53. The zero-order valence-electron chi connectivity index (χ0n) is 41.8. The molecule has 3 atom stereocenters. The van der Waals surface area contributed by atoms with Crippen LogP contribution in [0.1, 0.15) is 78.8 Å². The van der Waals surface area contributed by atoms with Gasteiger partial charge in [0.2, 0.25) is 12.3 Å². The lowest BCUT2D eigenvalue weighted by Gasteiger charge is -2.26. The van der Waals surface area contributed by atoms with E-state index in [1.807, 2.05) is 31.2 Å². The molecule has 2 amide bonds. The zero-order chi connectivity index (χ0) is 52.6. The van der Waals surface area contributed by atoms with Crippen molar-refractivity contribution in [3.63, 3.8) is 0 Å². The van der Waals surface area contributed by atoms with Crippen LogP contribution in [-0.4, -0.2) is 111 Å². The van der Waals surface area contributed by atoms with E-state index in [0.29, 0.717) is 96.0 Å². The number of ether oxygens (including phenoxy) is 4. The van der Waals surface area contributed by atoms with Crippen LogP contribution >= 0.6 is 46.1 Å². The lowest BCUT2D eigenvalue weighted by Crippen LogP contribution is -2.31. The van der Waals surface area contributed by atoms with Crippen LogP contribution < -0.4 is 16.0 Å². The summed E-state index contributed by atoms with van der Waals surface area (Å²) in [4.78, 5) is 26.6. The molecule has 0 radical (unpaired) electrons. The van der Waals surface area contributed by atoms with E-state index in [-0.39, 0.29) is 40.0 Å². The Balaban J connectivity index is 0.000000218.